The van der Waals surface area contributed by atoms with Gasteiger partial charge in [-0.25, -0.2) is 4.79 Å². The molecule has 2 atom stereocenters. The summed E-state index contributed by atoms with van der Waals surface area (Å²) in [4.78, 5) is 11.6. The summed E-state index contributed by atoms with van der Waals surface area (Å²) in [6.45, 7) is -1.81. The largest absolute Gasteiger partial charge is 0.508 e. The Hall–Kier alpha value is -1.00. The first kappa shape index (κ1) is 16.8. The van der Waals surface area contributed by atoms with Crippen molar-refractivity contribution >= 4 is 16.3 Å². The van der Waals surface area contributed by atoms with Gasteiger partial charge in [-0.05, 0) is 49.9 Å². The number of aliphatic hydroxyl groups is 1. The highest BCUT2D eigenvalue weighted by Gasteiger charge is 2.56. The van der Waals surface area contributed by atoms with Crippen molar-refractivity contribution in [2.75, 3.05) is 6.61 Å². The first-order chi connectivity index (χ1) is 10.5. The Balaban J connectivity index is 1.57. The van der Waals surface area contributed by atoms with E-state index in [-0.39, 0.29) is 11.8 Å². The fourth-order valence-electron chi connectivity index (χ4n) is 4.49. The fraction of sp³-hybridized carbons (Fsp3) is 0.923. The molecule has 4 bridgehead atoms. The summed E-state index contributed by atoms with van der Waals surface area (Å²) in [5.74, 6) is 0.305. The first-order valence-corrected chi connectivity index (χ1v) is 8.84. The molecule has 0 aromatic carbocycles. The molecule has 4 rings (SSSR count). The number of ether oxygens (including phenoxy) is 2. The summed E-state index contributed by atoms with van der Waals surface area (Å²) in [6, 6.07) is 0. The van der Waals surface area contributed by atoms with Crippen LogP contribution < -0.4 is 0 Å². The van der Waals surface area contributed by atoms with Crippen molar-refractivity contribution in [3.8, 4) is 0 Å². The molecule has 0 saturated heterocycles. The number of rotatable bonds is 4. The zero-order valence-electron chi connectivity index (χ0n) is 12.2. The van der Waals surface area contributed by atoms with Gasteiger partial charge in [0.05, 0.1) is 5.60 Å². The highest BCUT2D eigenvalue weighted by atomic mass is 32.2. The van der Waals surface area contributed by atoms with Gasteiger partial charge in [-0.3, -0.25) is 4.55 Å². The van der Waals surface area contributed by atoms with Crippen molar-refractivity contribution in [3.05, 3.63) is 0 Å². The quantitative estimate of drug-likeness (QED) is 0.581. The van der Waals surface area contributed by atoms with E-state index < -0.39 is 39.8 Å². The van der Waals surface area contributed by atoms with E-state index in [9.17, 15) is 27.1 Å². The summed E-state index contributed by atoms with van der Waals surface area (Å²) in [5.41, 5.74) is -0.724. The van der Waals surface area contributed by atoms with E-state index in [0.29, 0.717) is 18.8 Å². The van der Waals surface area contributed by atoms with Crippen molar-refractivity contribution < 1.29 is 41.1 Å². The van der Waals surface area contributed by atoms with Crippen molar-refractivity contribution in [2.45, 2.75) is 49.1 Å². The van der Waals surface area contributed by atoms with Crippen molar-refractivity contribution in [2.24, 2.45) is 17.8 Å². The molecule has 2 N–H and O–H groups in total. The molecule has 4 aliphatic carbocycles. The standard InChI is InChI=1S/C13H18F2O7S/c14-13(15,23(18,19)20)6-21-11(16)22-10-8-1-7-2-9(10)5-12(17,3-7)4-8/h7-10,17H,1-6H2,(H,18,19,20). The lowest BCUT2D eigenvalue weighted by Gasteiger charge is -2.57. The van der Waals surface area contributed by atoms with Crippen LogP contribution in [0.3, 0.4) is 0 Å². The maximum atomic E-state index is 13.0. The number of hydrogen-bond acceptors (Lipinski definition) is 6. The minimum absolute atomic E-state index is 0.0408. The lowest BCUT2D eigenvalue weighted by Crippen LogP contribution is -2.57. The van der Waals surface area contributed by atoms with Crippen LogP contribution in [0.25, 0.3) is 0 Å². The minimum atomic E-state index is -5.65. The molecule has 4 fully saturated rings. The maximum absolute atomic E-state index is 13.0. The molecule has 0 heterocycles. The Morgan fingerprint density at radius 2 is 1.78 bits per heavy atom. The average molecular weight is 356 g/mol. The van der Waals surface area contributed by atoms with Crippen molar-refractivity contribution in [3.63, 3.8) is 0 Å². The molecule has 0 radical (unpaired) electrons. The number of carbonyl (C=O) groups excluding carboxylic acids is 1. The third-order valence-corrected chi connectivity index (χ3v) is 5.99. The Bertz CT molecular complexity index is 589. The molecule has 2 unspecified atom stereocenters. The van der Waals surface area contributed by atoms with Crippen LogP contribution in [0.2, 0.25) is 0 Å². The first-order valence-electron chi connectivity index (χ1n) is 7.40. The normalized spacial score (nSPS) is 39.3. The van der Waals surface area contributed by atoms with Gasteiger partial charge in [-0.15, -0.1) is 0 Å². The number of hydrogen-bond donors (Lipinski definition) is 2. The number of alkyl halides is 2. The summed E-state index contributed by atoms with van der Waals surface area (Å²) >= 11 is 0. The monoisotopic (exact) mass is 356 g/mol. The second-order valence-electron chi connectivity index (χ2n) is 6.93. The van der Waals surface area contributed by atoms with Gasteiger partial charge < -0.3 is 14.6 Å². The van der Waals surface area contributed by atoms with Crippen LogP contribution in [-0.4, -0.2) is 47.8 Å². The van der Waals surface area contributed by atoms with Crippen LogP contribution in [-0.2, 0) is 19.6 Å². The van der Waals surface area contributed by atoms with Crippen molar-refractivity contribution in [1.29, 1.82) is 0 Å². The van der Waals surface area contributed by atoms with Gasteiger partial charge >= 0.3 is 21.5 Å². The third-order valence-electron chi connectivity index (χ3n) is 5.12. The zero-order chi connectivity index (χ0) is 17.0. The highest BCUT2D eigenvalue weighted by molar-refractivity contribution is 7.86. The van der Waals surface area contributed by atoms with Crippen LogP contribution >= 0.6 is 0 Å². The molecule has 0 aromatic rings. The molecule has 23 heavy (non-hydrogen) atoms. The average Bonchev–Trinajstić information content (AvgIpc) is 2.37. The Kier molecular flexibility index (Phi) is 3.84. The number of halogens is 2. The summed E-state index contributed by atoms with van der Waals surface area (Å²) in [6.07, 6.45) is 1.45. The van der Waals surface area contributed by atoms with E-state index >= 15 is 0 Å². The second kappa shape index (κ2) is 5.25. The lowest BCUT2D eigenvalue weighted by atomic mass is 9.53. The molecule has 132 valence electrons. The van der Waals surface area contributed by atoms with E-state index in [1.165, 1.54) is 0 Å². The smallest absolute Gasteiger partial charge is 0.430 e. The predicted molar refractivity (Wildman–Crippen MR) is 71.2 cm³/mol. The van der Waals surface area contributed by atoms with Gasteiger partial charge in [0.1, 0.15) is 6.10 Å². The SMILES string of the molecule is O=C(OCC(F)(F)S(=O)(=O)O)OC1C2CC3CC1CC(O)(C3)C2. The number of carbonyl (C=O) groups is 1. The Morgan fingerprint density at radius 3 is 2.26 bits per heavy atom. The molecule has 0 spiro atoms. The van der Waals surface area contributed by atoms with E-state index in [0.717, 1.165) is 19.3 Å². The van der Waals surface area contributed by atoms with E-state index in [1.807, 2.05) is 0 Å². The van der Waals surface area contributed by atoms with Crippen LogP contribution in [0.15, 0.2) is 0 Å². The summed E-state index contributed by atoms with van der Waals surface area (Å²) in [5, 5.41) is 5.81. The molecule has 10 heteroatoms. The van der Waals surface area contributed by atoms with Gasteiger partial charge in [0.2, 0.25) is 0 Å². The summed E-state index contributed by atoms with van der Waals surface area (Å²) in [7, 11) is -5.65. The maximum Gasteiger partial charge on any atom is 0.508 e. The summed E-state index contributed by atoms with van der Waals surface area (Å²) < 4.78 is 64.5. The van der Waals surface area contributed by atoms with Crippen LogP contribution in [0, 0.1) is 17.8 Å². The van der Waals surface area contributed by atoms with Gasteiger partial charge in [0, 0.05) is 0 Å². The highest BCUT2D eigenvalue weighted by Crippen LogP contribution is 2.56. The molecular formula is C13H18F2O7S. The molecule has 4 aliphatic rings. The van der Waals surface area contributed by atoms with Gasteiger partial charge in [0.25, 0.3) is 0 Å². The van der Waals surface area contributed by atoms with Crippen LogP contribution in [0.4, 0.5) is 13.6 Å². The minimum Gasteiger partial charge on any atom is -0.430 e. The molecule has 0 aliphatic heterocycles. The van der Waals surface area contributed by atoms with Crippen LogP contribution in [0.5, 0.6) is 0 Å². The topological polar surface area (TPSA) is 110 Å². The third kappa shape index (κ3) is 3.16. The van der Waals surface area contributed by atoms with Crippen molar-refractivity contribution in [1.82, 2.24) is 0 Å². The predicted octanol–water partition coefficient (Wildman–Crippen LogP) is 1.56. The van der Waals surface area contributed by atoms with Gasteiger partial charge in [-0.2, -0.15) is 17.2 Å². The van der Waals surface area contributed by atoms with E-state index in [4.69, 9.17) is 9.29 Å². The Labute approximate surface area is 131 Å². The zero-order valence-corrected chi connectivity index (χ0v) is 13.0. The van der Waals surface area contributed by atoms with Crippen LogP contribution in [0.1, 0.15) is 32.1 Å². The lowest BCUT2D eigenvalue weighted by molar-refractivity contribution is -0.182. The Morgan fingerprint density at radius 1 is 1.22 bits per heavy atom. The van der Waals surface area contributed by atoms with Gasteiger partial charge in [-0.1, -0.05) is 0 Å². The molecule has 0 aromatic heterocycles. The van der Waals surface area contributed by atoms with Gasteiger partial charge in [0.15, 0.2) is 6.61 Å². The van der Waals surface area contributed by atoms with E-state index in [2.05, 4.69) is 4.74 Å². The fourth-order valence-corrected chi connectivity index (χ4v) is 4.70. The molecule has 0 amide bonds. The van der Waals surface area contributed by atoms with E-state index in [1.54, 1.807) is 0 Å². The molecule has 7 nitrogen and oxygen atoms in total. The molecular weight excluding hydrogens is 338 g/mol. The molecule has 4 saturated carbocycles. The second-order valence-corrected chi connectivity index (χ2v) is 8.48.